The van der Waals surface area contributed by atoms with Crippen LogP contribution >= 0.6 is 0 Å². The van der Waals surface area contributed by atoms with E-state index in [1.807, 2.05) is 36.4 Å². The normalized spacial score (nSPS) is 11.6. The van der Waals surface area contributed by atoms with Crippen molar-refractivity contribution in [1.82, 2.24) is 0 Å². The molecule has 8 heteroatoms. The average Bonchev–Trinajstić information content (AvgIpc) is 2.98. The molecule has 0 radical (unpaired) electrons. The van der Waals surface area contributed by atoms with Crippen LogP contribution in [-0.4, -0.2) is 61.9 Å². The Bertz CT molecular complexity index is 1090. The summed E-state index contributed by atoms with van der Waals surface area (Å²) < 4.78 is 21.5. The summed E-state index contributed by atoms with van der Waals surface area (Å²) in [6.07, 6.45) is 0.594. The molecule has 0 aliphatic rings. The number of carbonyl (C=O) groups is 1. The Labute approximate surface area is 223 Å². The lowest BCUT2D eigenvalue weighted by Crippen LogP contribution is -2.32. The minimum absolute atomic E-state index is 0.0492. The summed E-state index contributed by atoms with van der Waals surface area (Å²) in [5, 5.41) is 30.6. The zero-order valence-corrected chi connectivity index (χ0v) is 22.1. The van der Waals surface area contributed by atoms with Crippen molar-refractivity contribution in [3.8, 4) is 17.2 Å². The molecule has 0 atom stereocenters. The van der Waals surface area contributed by atoms with Crippen molar-refractivity contribution in [3.63, 3.8) is 0 Å². The van der Waals surface area contributed by atoms with Gasteiger partial charge in [-0.2, -0.15) is 0 Å². The number of methoxy groups -OCH3 is 2. The van der Waals surface area contributed by atoms with Crippen molar-refractivity contribution in [2.45, 2.75) is 25.4 Å². The molecule has 8 nitrogen and oxygen atoms in total. The minimum Gasteiger partial charge on any atom is -0.497 e. The van der Waals surface area contributed by atoms with Crippen molar-refractivity contribution in [2.24, 2.45) is 5.41 Å². The first kappa shape index (κ1) is 29.0. The second-order valence-corrected chi connectivity index (χ2v) is 9.43. The molecule has 0 aliphatic carbocycles. The van der Waals surface area contributed by atoms with Crippen LogP contribution in [0.15, 0.2) is 72.8 Å². The topological polar surface area (TPSA) is 115 Å². The van der Waals surface area contributed by atoms with Gasteiger partial charge in [0.15, 0.2) is 0 Å². The highest BCUT2D eigenvalue weighted by atomic mass is 16.5. The number of aliphatic hydroxyl groups is 3. The van der Waals surface area contributed by atoms with E-state index >= 15 is 0 Å². The van der Waals surface area contributed by atoms with E-state index in [-0.39, 0.29) is 26.2 Å². The van der Waals surface area contributed by atoms with Crippen LogP contribution in [0.3, 0.4) is 0 Å². The predicted molar refractivity (Wildman–Crippen MR) is 142 cm³/mol. The Kier molecular flexibility index (Phi) is 10.1. The molecule has 0 fully saturated rings. The molecule has 0 aromatic heterocycles. The van der Waals surface area contributed by atoms with Gasteiger partial charge >= 0.3 is 5.97 Å². The highest BCUT2D eigenvalue weighted by Gasteiger charge is 2.34. The summed E-state index contributed by atoms with van der Waals surface area (Å²) in [5.74, 6) is 1.56. The molecule has 38 heavy (non-hydrogen) atoms. The Morgan fingerprint density at radius 3 is 1.55 bits per heavy atom. The Morgan fingerprint density at radius 1 is 0.737 bits per heavy atom. The first-order chi connectivity index (χ1) is 18.3. The van der Waals surface area contributed by atoms with Crippen LogP contribution < -0.4 is 14.2 Å². The molecule has 3 aromatic carbocycles. The molecule has 0 amide bonds. The number of benzene rings is 3. The van der Waals surface area contributed by atoms with Crippen LogP contribution in [0.4, 0.5) is 0 Å². The van der Waals surface area contributed by atoms with Crippen molar-refractivity contribution in [2.75, 3.05) is 40.6 Å². The summed E-state index contributed by atoms with van der Waals surface area (Å²) in [6, 6.07) is 21.7. The van der Waals surface area contributed by atoms with Crippen LogP contribution in [0.25, 0.3) is 0 Å². The minimum atomic E-state index is -1.43. The number of aliphatic hydroxyl groups excluding tert-OH is 2. The third-order valence-corrected chi connectivity index (χ3v) is 6.43. The van der Waals surface area contributed by atoms with Crippen molar-refractivity contribution >= 4 is 5.97 Å². The van der Waals surface area contributed by atoms with E-state index < -0.39 is 17.0 Å². The maximum atomic E-state index is 12.1. The Balaban J connectivity index is 1.68. The van der Waals surface area contributed by atoms with Crippen LogP contribution in [-0.2, 0) is 15.1 Å². The molecule has 0 aliphatic heterocycles. The molecule has 0 saturated heterocycles. The van der Waals surface area contributed by atoms with Crippen LogP contribution in [0.5, 0.6) is 17.2 Å². The quantitative estimate of drug-likeness (QED) is 0.166. The standard InChI is InChI=1S/C30H36O8/c1-29(19-31,20-32)21-38-28(33)5-4-18-37-27-16-10-24(11-17-27)30(34,22-6-12-25(35-2)13-7-22)23-8-14-26(36-3)15-9-23/h6-17,31-32,34H,4-5,18-21H2,1-3H3. The van der Waals surface area contributed by atoms with Crippen LogP contribution in [0.2, 0.25) is 0 Å². The summed E-state index contributed by atoms with van der Waals surface area (Å²) in [6.45, 7) is 1.33. The number of esters is 1. The van der Waals surface area contributed by atoms with Gasteiger partial charge in [0.05, 0.1) is 34.0 Å². The van der Waals surface area contributed by atoms with Crippen LogP contribution in [0, 0.1) is 5.41 Å². The fraction of sp³-hybridized carbons (Fsp3) is 0.367. The molecule has 0 bridgehead atoms. The molecular formula is C30H36O8. The summed E-state index contributed by atoms with van der Waals surface area (Å²) >= 11 is 0. The highest BCUT2D eigenvalue weighted by Crippen LogP contribution is 2.38. The summed E-state index contributed by atoms with van der Waals surface area (Å²) in [4.78, 5) is 12.0. The predicted octanol–water partition coefficient (Wildman–Crippen LogP) is 3.68. The van der Waals surface area contributed by atoms with Gasteiger partial charge in [-0.25, -0.2) is 0 Å². The Hall–Kier alpha value is -3.59. The zero-order valence-electron chi connectivity index (χ0n) is 22.1. The van der Waals surface area contributed by atoms with Gasteiger partial charge in [-0.05, 0) is 59.5 Å². The molecule has 204 valence electrons. The fourth-order valence-electron chi connectivity index (χ4n) is 3.83. The molecule has 0 saturated carbocycles. The average molecular weight is 525 g/mol. The second kappa shape index (κ2) is 13.3. The fourth-order valence-corrected chi connectivity index (χ4v) is 3.83. The van der Waals surface area contributed by atoms with E-state index in [4.69, 9.17) is 18.9 Å². The van der Waals surface area contributed by atoms with Gasteiger partial charge in [0.2, 0.25) is 0 Å². The number of hydrogen-bond donors (Lipinski definition) is 3. The number of hydrogen-bond acceptors (Lipinski definition) is 8. The van der Waals surface area contributed by atoms with E-state index in [2.05, 4.69) is 0 Å². The first-order valence-electron chi connectivity index (χ1n) is 12.4. The third kappa shape index (κ3) is 7.04. The second-order valence-electron chi connectivity index (χ2n) is 9.43. The molecule has 0 unspecified atom stereocenters. The SMILES string of the molecule is COc1ccc(C(O)(c2ccc(OC)cc2)c2ccc(OCCCC(=O)OCC(C)(CO)CO)cc2)cc1. The smallest absolute Gasteiger partial charge is 0.305 e. The zero-order chi connectivity index (χ0) is 27.6. The van der Waals surface area contributed by atoms with E-state index in [1.54, 1.807) is 57.5 Å². The maximum Gasteiger partial charge on any atom is 0.305 e. The molecule has 3 aromatic rings. The van der Waals surface area contributed by atoms with Gasteiger partial charge in [-0.3, -0.25) is 4.79 Å². The molecule has 3 rings (SSSR count). The van der Waals surface area contributed by atoms with Crippen molar-refractivity contribution in [3.05, 3.63) is 89.5 Å². The summed E-state index contributed by atoms with van der Waals surface area (Å²) in [5.41, 5.74) is -0.283. The van der Waals surface area contributed by atoms with Crippen LogP contribution in [0.1, 0.15) is 36.5 Å². The largest absolute Gasteiger partial charge is 0.497 e. The molecular weight excluding hydrogens is 488 g/mol. The van der Waals surface area contributed by atoms with Gasteiger partial charge in [-0.1, -0.05) is 43.3 Å². The molecule has 0 heterocycles. The van der Waals surface area contributed by atoms with Crippen molar-refractivity contribution in [1.29, 1.82) is 0 Å². The van der Waals surface area contributed by atoms with E-state index in [9.17, 15) is 20.1 Å². The molecule has 3 N–H and O–H groups in total. The lowest BCUT2D eigenvalue weighted by molar-refractivity contribution is -0.149. The van der Waals surface area contributed by atoms with Crippen molar-refractivity contribution < 1.29 is 39.1 Å². The van der Waals surface area contributed by atoms with Gasteiger partial charge in [0.25, 0.3) is 0 Å². The van der Waals surface area contributed by atoms with E-state index in [1.165, 1.54) is 0 Å². The molecule has 0 spiro atoms. The monoisotopic (exact) mass is 524 g/mol. The highest BCUT2D eigenvalue weighted by molar-refractivity contribution is 5.69. The van der Waals surface area contributed by atoms with Gasteiger partial charge < -0.3 is 34.3 Å². The van der Waals surface area contributed by atoms with E-state index in [0.717, 1.165) is 0 Å². The number of carbonyl (C=O) groups excluding carboxylic acids is 1. The Morgan fingerprint density at radius 2 is 1.16 bits per heavy atom. The lowest BCUT2D eigenvalue weighted by atomic mass is 9.80. The lowest BCUT2D eigenvalue weighted by Gasteiger charge is -2.30. The number of ether oxygens (including phenoxy) is 4. The van der Waals surface area contributed by atoms with Gasteiger partial charge in [-0.15, -0.1) is 0 Å². The maximum absolute atomic E-state index is 12.1. The van der Waals surface area contributed by atoms with E-state index in [0.29, 0.717) is 47.0 Å². The van der Waals surface area contributed by atoms with Gasteiger partial charge in [0.1, 0.15) is 29.5 Å². The third-order valence-electron chi connectivity index (χ3n) is 6.43. The van der Waals surface area contributed by atoms with Gasteiger partial charge in [0, 0.05) is 11.8 Å². The number of rotatable bonds is 14. The summed E-state index contributed by atoms with van der Waals surface area (Å²) in [7, 11) is 3.19. The first-order valence-corrected chi connectivity index (χ1v) is 12.4.